The zero-order valence-electron chi connectivity index (χ0n) is 9.43. The molecule has 0 aromatic carbocycles. The monoisotopic (exact) mass is 249 g/mol. The third-order valence-corrected chi connectivity index (χ3v) is 3.18. The molecular weight excluding hydrogens is 238 g/mol. The van der Waals surface area contributed by atoms with Crippen LogP contribution in [0.2, 0.25) is 0 Å². The molecule has 0 saturated heterocycles. The number of methoxy groups -OCH3 is 1. The molecule has 2 aromatic heterocycles. The lowest BCUT2D eigenvalue weighted by Crippen LogP contribution is -2.09. The summed E-state index contributed by atoms with van der Waals surface area (Å²) in [6, 6.07) is 0. The Kier molecular flexibility index (Phi) is 3.06. The molecule has 0 atom stereocenters. The number of nitrogen functional groups attached to an aromatic ring is 1. The van der Waals surface area contributed by atoms with Crippen molar-refractivity contribution in [1.29, 1.82) is 0 Å². The Morgan fingerprint density at radius 2 is 2.24 bits per heavy atom. The Bertz CT molecular complexity index is 566. The van der Waals surface area contributed by atoms with Crippen molar-refractivity contribution in [1.82, 2.24) is 9.97 Å². The molecule has 0 fully saturated rings. The van der Waals surface area contributed by atoms with Crippen LogP contribution in [0.5, 0.6) is 0 Å². The third-order valence-electron chi connectivity index (χ3n) is 2.32. The van der Waals surface area contributed by atoms with Gasteiger partial charge in [-0.2, -0.15) is 11.3 Å². The van der Waals surface area contributed by atoms with Crippen LogP contribution in [0.4, 0.5) is 5.82 Å². The van der Waals surface area contributed by atoms with Crippen molar-refractivity contribution < 1.29 is 9.53 Å². The normalized spacial score (nSPS) is 10.2. The molecule has 6 heteroatoms. The van der Waals surface area contributed by atoms with Gasteiger partial charge in [0.05, 0.1) is 7.11 Å². The molecule has 0 aliphatic heterocycles. The van der Waals surface area contributed by atoms with E-state index in [0.717, 1.165) is 11.1 Å². The van der Waals surface area contributed by atoms with Crippen molar-refractivity contribution in [2.75, 3.05) is 12.8 Å². The summed E-state index contributed by atoms with van der Waals surface area (Å²) in [5.74, 6) is 0.123. The van der Waals surface area contributed by atoms with E-state index in [1.165, 1.54) is 13.3 Å². The Hall–Kier alpha value is -1.95. The summed E-state index contributed by atoms with van der Waals surface area (Å²) >= 11 is 1.57. The molecule has 0 saturated carbocycles. The van der Waals surface area contributed by atoms with Crippen LogP contribution in [0.3, 0.4) is 0 Å². The van der Waals surface area contributed by atoms with Crippen LogP contribution in [0.1, 0.15) is 15.9 Å². The first-order valence-corrected chi connectivity index (χ1v) is 5.81. The van der Waals surface area contributed by atoms with E-state index >= 15 is 0 Å². The maximum atomic E-state index is 11.3. The number of thiophene rings is 1. The third kappa shape index (κ3) is 2.12. The average Bonchev–Trinajstić information content (AvgIpc) is 2.74. The van der Waals surface area contributed by atoms with Crippen LogP contribution in [0.15, 0.2) is 17.0 Å². The molecule has 2 N–H and O–H groups in total. The number of ether oxygens (including phenoxy) is 1. The van der Waals surface area contributed by atoms with Crippen molar-refractivity contribution in [2.45, 2.75) is 6.92 Å². The first-order chi connectivity index (χ1) is 8.13. The number of aromatic nitrogens is 2. The summed E-state index contributed by atoms with van der Waals surface area (Å²) in [5, 5.41) is 3.95. The number of anilines is 1. The number of esters is 1. The molecule has 0 radical (unpaired) electrons. The van der Waals surface area contributed by atoms with Gasteiger partial charge in [-0.15, -0.1) is 0 Å². The van der Waals surface area contributed by atoms with Crippen LogP contribution in [0, 0.1) is 6.92 Å². The Morgan fingerprint density at radius 3 is 2.76 bits per heavy atom. The Labute approximate surface area is 102 Å². The molecule has 2 aromatic rings. The lowest BCUT2D eigenvalue weighted by atomic mass is 10.2. The van der Waals surface area contributed by atoms with E-state index in [0.29, 0.717) is 5.82 Å². The maximum absolute atomic E-state index is 11.3. The fraction of sp³-hybridized carbons (Fsp3) is 0.182. The Morgan fingerprint density at radius 1 is 1.47 bits per heavy atom. The molecule has 0 amide bonds. The van der Waals surface area contributed by atoms with Gasteiger partial charge in [0.15, 0.2) is 5.82 Å². The number of aryl methyl sites for hydroxylation is 1. The summed E-state index contributed by atoms with van der Waals surface area (Å²) in [6.07, 6.45) is 1.39. The van der Waals surface area contributed by atoms with Gasteiger partial charge in [0.2, 0.25) is 0 Å². The highest BCUT2D eigenvalue weighted by atomic mass is 32.1. The van der Waals surface area contributed by atoms with Crippen molar-refractivity contribution in [3.63, 3.8) is 0 Å². The van der Waals surface area contributed by atoms with E-state index in [9.17, 15) is 4.79 Å². The highest BCUT2D eigenvalue weighted by Crippen LogP contribution is 2.24. The number of hydrogen-bond acceptors (Lipinski definition) is 6. The lowest BCUT2D eigenvalue weighted by molar-refractivity contribution is 0.0601. The van der Waals surface area contributed by atoms with E-state index in [2.05, 4.69) is 14.7 Å². The first-order valence-electron chi connectivity index (χ1n) is 4.87. The second-order valence-corrected chi connectivity index (χ2v) is 4.20. The predicted octanol–water partition coefficient (Wildman–Crippen LogP) is 1.88. The largest absolute Gasteiger partial charge is 0.465 e. The van der Waals surface area contributed by atoms with E-state index in [-0.39, 0.29) is 11.4 Å². The summed E-state index contributed by atoms with van der Waals surface area (Å²) in [7, 11) is 1.29. The highest BCUT2D eigenvalue weighted by molar-refractivity contribution is 7.08. The van der Waals surface area contributed by atoms with Crippen molar-refractivity contribution in [2.24, 2.45) is 0 Å². The van der Waals surface area contributed by atoms with Gasteiger partial charge in [0, 0.05) is 17.1 Å². The summed E-state index contributed by atoms with van der Waals surface area (Å²) in [6.45, 7) is 1.97. The second kappa shape index (κ2) is 4.50. The SMILES string of the molecule is COC(=O)c1cnc(-c2cscc2C)nc1N. The van der Waals surface area contributed by atoms with Gasteiger partial charge in [0.1, 0.15) is 11.4 Å². The fourth-order valence-electron chi connectivity index (χ4n) is 1.38. The van der Waals surface area contributed by atoms with Crippen molar-refractivity contribution in [3.8, 4) is 11.4 Å². The lowest BCUT2D eigenvalue weighted by Gasteiger charge is -2.04. The van der Waals surface area contributed by atoms with Crippen LogP contribution in [0.25, 0.3) is 11.4 Å². The van der Waals surface area contributed by atoms with Crippen LogP contribution in [-0.4, -0.2) is 23.0 Å². The van der Waals surface area contributed by atoms with Gasteiger partial charge in [-0.3, -0.25) is 0 Å². The molecule has 2 heterocycles. The van der Waals surface area contributed by atoms with Crippen LogP contribution >= 0.6 is 11.3 Å². The molecule has 0 aliphatic rings. The Balaban J connectivity index is 2.44. The molecule has 0 aliphatic carbocycles. The number of hydrogen-bond donors (Lipinski definition) is 1. The fourth-order valence-corrected chi connectivity index (χ4v) is 2.21. The number of rotatable bonds is 2. The summed E-state index contributed by atoms with van der Waals surface area (Å²) in [5.41, 5.74) is 7.90. The number of nitrogens with two attached hydrogens (primary N) is 1. The van der Waals surface area contributed by atoms with Gasteiger partial charge in [0.25, 0.3) is 0 Å². The van der Waals surface area contributed by atoms with Gasteiger partial charge < -0.3 is 10.5 Å². The molecule has 88 valence electrons. The van der Waals surface area contributed by atoms with Crippen LogP contribution < -0.4 is 5.73 Å². The number of carbonyl (C=O) groups excluding carboxylic acids is 1. The van der Waals surface area contributed by atoms with E-state index in [4.69, 9.17) is 5.73 Å². The zero-order chi connectivity index (χ0) is 12.4. The van der Waals surface area contributed by atoms with Crippen molar-refractivity contribution >= 4 is 23.1 Å². The zero-order valence-corrected chi connectivity index (χ0v) is 10.2. The smallest absolute Gasteiger partial charge is 0.343 e. The summed E-state index contributed by atoms with van der Waals surface area (Å²) < 4.78 is 4.57. The molecule has 17 heavy (non-hydrogen) atoms. The van der Waals surface area contributed by atoms with Gasteiger partial charge in [-0.1, -0.05) is 0 Å². The topological polar surface area (TPSA) is 78.1 Å². The molecule has 2 rings (SSSR count). The predicted molar refractivity (Wildman–Crippen MR) is 65.8 cm³/mol. The van der Waals surface area contributed by atoms with E-state index < -0.39 is 5.97 Å². The van der Waals surface area contributed by atoms with Crippen LogP contribution in [-0.2, 0) is 4.74 Å². The standard InChI is InChI=1S/C11H11N3O2S/c1-6-4-17-5-8(6)10-13-3-7(9(12)14-10)11(15)16-2/h3-5H,1-2H3,(H2,12,13,14). The number of carbonyl (C=O) groups is 1. The second-order valence-electron chi connectivity index (χ2n) is 3.45. The minimum atomic E-state index is -0.531. The van der Waals surface area contributed by atoms with Gasteiger partial charge in [-0.25, -0.2) is 14.8 Å². The molecule has 0 spiro atoms. The van der Waals surface area contributed by atoms with Gasteiger partial charge >= 0.3 is 5.97 Å². The van der Waals surface area contributed by atoms with Crippen molar-refractivity contribution in [3.05, 3.63) is 28.1 Å². The minimum absolute atomic E-state index is 0.132. The minimum Gasteiger partial charge on any atom is -0.465 e. The number of nitrogens with zero attached hydrogens (tertiary/aromatic N) is 2. The maximum Gasteiger partial charge on any atom is 0.343 e. The van der Waals surface area contributed by atoms with Gasteiger partial charge in [-0.05, 0) is 17.9 Å². The molecule has 0 unspecified atom stereocenters. The van der Waals surface area contributed by atoms with E-state index in [1.807, 2.05) is 17.7 Å². The molecule has 0 bridgehead atoms. The average molecular weight is 249 g/mol. The summed E-state index contributed by atoms with van der Waals surface area (Å²) in [4.78, 5) is 19.6. The molecular formula is C11H11N3O2S. The van der Waals surface area contributed by atoms with E-state index in [1.54, 1.807) is 11.3 Å². The first kappa shape index (κ1) is 11.5. The molecule has 5 nitrogen and oxygen atoms in total. The highest BCUT2D eigenvalue weighted by Gasteiger charge is 2.14. The quantitative estimate of drug-likeness (QED) is 0.822.